The van der Waals surface area contributed by atoms with Crippen LogP contribution in [0.3, 0.4) is 0 Å². The molecule has 2 aromatic rings. The molecular weight excluding hydrogens is 396 g/mol. The summed E-state index contributed by atoms with van der Waals surface area (Å²) in [4.78, 5) is 28.9. The summed E-state index contributed by atoms with van der Waals surface area (Å²) >= 11 is 0. The largest absolute Gasteiger partial charge is 0.444 e. The van der Waals surface area contributed by atoms with Gasteiger partial charge in [-0.2, -0.15) is 0 Å². The van der Waals surface area contributed by atoms with Gasteiger partial charge in [0.25, 0.3) is 0 Å². The number of benzene rings is 1. The number of amides is 2. The molecule has 0 aliphatic carbocycles. The minimum absolute atomic E-state index is 0.0341. The lowest BCUT2D eigenvalue weighted by Gasteiger charge is -2.28. The van der Waals surface area contributed by atoms with Gasteiger partial charge in [0.15, 0.2) is 0 Å². The molecule has 1 saturated heterocycles. The van der Waals surface area contributed by atoms with Gasteiger partial charge in [0.2, 0.25) is 16.4 Å². The van der Waals surface area contributed by atoms with Crippen LogP contribution >= 0.6 is 0 Å². The maximum Gasteiger partial charge on any atom is 0.411 e. The van der Waals surface area contributed by atoms with Crippen LogP contribution in [0.2, 0.25) is 0 Å². The Bertz CT molecular complexity index is 1020. The van der Waals surface area contributed by atoms with E-state index < -0.39 is 33.9 Å². The second-order valence-electron chi connectivity index (χ2n) is 7.85. The highest BCUT2D eigenvalue weighted by atomic mass is 32.2. The third-order valence-corrected chi connectivity index (χ3v) is 5.87. The van der Waals surface area contributed by atoms with Crippen molar-refractivity contribution in [3.05, 3.63) is 36.5 Å². The second kappa shape index (κ2) is 7.96. The smallest absolute Gasteiger partial charge is 0.411 e. The molecule has 0 saturated carbocycles. The molecule has 2 heterocycles. The van der Waals surface area contributed by atoms with Crippen molar-refractivity contribution in [2.45, 2.75) is 49.9 Å². The number of para-hydroxylation sites is 1. The van der Waals surface area contributed by atoms with Crippen molar-refractivity contribution in [2.75, 3.05) is 6.54 Å². The number of rotatable bonds is 5. The number of nitrogens with one attached hydrogen (secondary N) is 2. The van der Waals surface area contributed by atoms with Crippen LogP contribution in [0.15, 0.2) is 41.4 Å². The van der Waals surface area contributed by atoms with E-state index in [1.165, 1.54) is 11.1 Å². The molecule has 0 radical (unpaired) electrons. The number of nitrogens with zero attached hydrogens (tertiary/aromatic N) is 2. The van der Waals surface area contributed by atoms with Gasteiger partial charge in [-0.25, -0.2) is 17.9 Å². The highest BCUT2D eigenvalue weighted by Gasteiger charge is 2.39. The first kappa shape index (κ1) is 21.0. The summed E-state index contributed by atoms with van der Waals surface area (Å²) in [5.74, 6) is 0. The van der Waals surface area contributed by atoms with E-state index in [0.717, 1.165) is 0 Å². The minimum Gasteiger partial charge on any atom is -0.444 e. The lowest BCUT2D eigenvalue weighted by atomic mass is 10.2. The maximum absolute atomic E-state index is 12.8. The number of sulfonamides is 1. The van der Waals surface area contributed by atoms with Crippen molar-refractivity contribution >= 4 is 33.4 Å². The summed E-state index contributed by atoms with van der Waals surface area (Å²) in [7, 11) is -3.87. The number of aromatic nitrogens is 1. The van der Waals surface area contributed by atoms with Crippen LogP contribution in [0.5, 0.6) is 0 Å². The molecule has 156 valence electrons. The van der Waals surface area contributed by atoms with Gasteiger partial charge in [-0.3, -0.25) is 14.7 Å². The zero-order valence-electron chi connectivity index (χ0n) is 16.5. The fraction of sp³-hybridized carbons (Fsp3) is 0.421. The lowest BCUT2D eigenvalue weighted by molar-refractivity contribution is -0.110. The van der Waals surface area contributed by atoms with Crippen LogP contribution in [0.25, 0.3) is 10.9 Å². The predicted molar refractivity (Wildman–Crippen MR) is 106 cm³/mol. The molecule has 10 heteroatoms. The van der Waals surface area contributed by atoms with E-state index in [1.807, 2.05) is 6.07 Å². The zero-order chi connectivity index (χ0) is 21.2. The zero-order valence-corrected chi connectivity index (χ0v) is 17.3. The van der Waals surface area contributed by atoms with Gasteiger partial charge in [0.05, 0.1) is 5.52 Å². The normalized spacial score (nSPS) is 19.9. The SMILES string of the molecule is CC(C)(C)OC(=O)N1C[C@H](NS(=O)(=O)c2cnc3ccccc3c2)C[C@H]1NC=O. The fourth-order valence-corrected chi connectivity index (χ4v) is 4.38. The summed E-state index contributed by atoms with van der Waals surface area (Å²) < 4.78 is 33.6. The van der Waals surface area contributed by atoms with Crippen LogP contribution in [-0.4, -0.2) is 55.2 Å². The summed E-state index contributed by atoms with van der Waals surface area (Å²) in [6.45, 7) is 5.27. The van der Waals surface area contributed by atoms with Gasteiger partial charge >= 0.3 is 6.09 Å². The number of carbonyl (C=O) groups excluding carboxylic acids is 2. The third-order valence-electron chi connectivity index (χ3n) is 4.39. The summed E-state index contributed by atoms with van der Waals surface area (Å²) in [6.07, 6.45) is 0.715. The number of likely N-dealkylation sites (tertiary alicyclic amines) is 1. The number of carbonyl (C=O) groups is 2. The van der Waals surface area contributed by atoms with E-state index in [-0.39, 0.29) is 17.9 Å². The molecule has 1 aromatic heterocycles. The van der Waals surface area contributed by atoms with Gasteiger partial charge in [-0.05, 0) is 32.9 Å². The standard InChI is InChI=1S/C19H24N4O5S/c1-19(2,3)28-18(25)23-11-14(9-17(23)21-12-24)22-29(26,27)15-8-13-6-4-5-7-16(13)20-10-15/h4-8,10,12,14,17,22H,9,11H2,1-3H3,(H,21,24)/t14-,17+/m1/s1. The molecular formula is C19H24N4O5S. The third kappa shape index (κ3) is 5.01. The molecule has 9 nitrogen and oxygen atoms in total. The first-order valence-electron chi connectivity index (χ1n) is 9.15. The highest BCUT2D eigenvalue weighted by Crippen LogP contribution is 2.22. The lowest BCUT2D eigenvalue weighted by Crippen LogP contribution is -2.46. The van der Waals surface area contributed by atoms with Crippen LogP contribution in [0, 0.1) is 0 Å². The van der Waals surface area contributed by atoms with Crippen molar-refractivity contribution in [3.63, 3.8) is 0 Å². The Labute approximate surface area is 169 Å². The van der Waals surface area contributed by atoms with Gasteiger partial charge < -0.3 is 10.1 Å². The Hall–Kier alpha value is -2.72. The first-order chi connectivity index (χ1) is 13.6. The molecule has 2 amide bonds. The van der Waals surface area contributed by atoms with E-state index in [1.54, 1.807) is 45.0 Å². The molecule has 1 aliphatic heterocycles. The number of hydrogen-bond acceptors (Lipinski definition) is 6. The van der Waals surface area contributed by atoms with Gasteiger partial charge in [-0.15, -0.1) is 0 Å². The molecule has 2 atom stereocenters. The van der Waals surface area contributed by atoms with Crippen molar-refractivity contribution < 1.29 is 22.7 Å². The second-order valence-corrected chi connectivity index (χ2v) is 9.56. The first-order valence-corrected chi connectivity index (χ1v) is 10.6. The molecule has 3 rings (SSSR count). The van der Waals surface area contributed by atoms with E-state index in [0.29, 0.717) is 17.3 Å². The molecule has 0 unspecified atom stereocenters. The molecule has 0 spiro atoms. The van der Waals surface area contributed by atoms with E-state index in [9.17, 15) is 18.0 Å². The minimum atomic E-state index is -3.87. The Morgan fingerprint density at radius 1 is 1.31 bits per heavy atom. The molecule has 1 aromatic carbocycles. The van der Waals surface area contributed by atoms with Crippen LogP contribution in [0.1, 0.15) is 27.2 Å². The van der Waals surface area contributed by atoms with Crippen molar-refractivity contribution in [2.24, 2.45) is 0 Å². The fourth-order valence-electron chi connectivity index (χ4n) is 3.17. The number of hydrogen-bond donors (Lipinski definition) is 2. The Balaban J connectivity index is 1.77. The summed E-state index contributed by atoms with van der Waals surface area (Å²) in [5, 5.41) is 3.24. The number of fused-ring (bicyclic) bond motifs is 1. The van der Waals surface area contributed by atoms with E-state index >= 15 is 0 Å². The Kier molecular flexibility index (Phi) is 5.76. The number of ether oxygens (including phenoxy) is 1. The van der Waals surface area contributed by atoms with Gasteiger partial charge in [-0.1, -0.05) is 18.2 Å². The summed E-state index contributed by atoms with van der Waals surface area (Å²) in [5.41, 5.74) is -0.0179. The summed E-state index contributed by atoms with van der Waals surface area (Å²) in [6, 6.07) is 8.17. The van der Waals surface area contributed by atoms with Crippen molar-refractivity contribution in [3.8, 4) is 0 Å². The average molecular weight is 420 g/mol. The molecule has 0 bridgehead atoms. The highest BCUT2D eigenvalue weighted by molar-refractivity contribution is 7.89. The quantitative estimate of drug-likeness (QED) is 0.710. The van der Waals surface area contributed by atoms with Crippen molar-refractivity contribution in [1.82, 2.24) is 19.9 Å². The van der Waals surface area contributed by atoms with Crippen LogP contribution in [-0.2, 0) is 19.6 Å². The molecule has 1 aliphatic rings. The van der Waals surface area contributed by atoms with Crippen LogP contribution in [0.4, 0.5) is 4.79 Å². The Morgan fingerprint density at radius 2 is 2.03 bits per heavy atom. The Morgan fingerprint density at radius 3 is 2.72 bits per heavy atom. The van der Waals surface area contributed by atoms with E-state index in [4.69, 9.17) is 4.74 Å². The van der Waals surface area contributed by atoms with Crippen LogP contribution < -0.4 is 10.0 Å². The maximum atomic E-state index is 12.8. The van der Waals surface area contributed by atoms with Crippen molar-refractivity contribution in [1.29, 1.82) is 0 Å². The molecule has 29 heavy (non-hydrogen) atoms. The van der Waals surface area contributed by atoms with E-state index in [2.05, 4.69) is 15.0 Å². The number of pyridine rings is 1. The average Bonchev–Trinajstić information content (AvgIpc) is 3.02. The predicted octanol–water partition coefficient (Wildman–Crippen LogP) is 1.59. The topological polar surface area (TPSA) is 118 Å². The van der Waals surface area contributed by atoms with Gasteiger partial charge in [0, 0.05) is 30.6 Å². The monoisotopic (exact) mass is 420 g/mol. The van der Waals surface area contributed by atoms with Gasteiger partial charge in [0.1, 0.15) is 16.7 Å². The molecule has 2 N–H and O–H groups in total. The molecule has 1 fully saturated rings.